The van der Waals surface area contributed by atoms with E-state index < -0.39 is 0 Å². The van der Waals surface area contributed by atoms with Crippen LogP contribution in [0.5, 0.6) is 0 Å². The van der Waals surface area contributed by atoms with Crippen molar-refractivity contribution in [3.63, 3.8) is 0 Å². The molecule has 0 bridgehead atoms. The van der Waals surface area contributed by atoms with Gasteiger partial charge in [-0.05, 0) is 36.2 Å². The standard InChI is InChI=1S/C12H21N3S/c1-4-8(2)7-15(3)12-10(9-5-6-9)11(13)14-16-12/h8-9H,4-7H2,1-3H3,(H2,13,14). The number of rotatable bonds is 5. The van der Waals surface area contributed by atoms with Gasteiger partial charge in [0.1, 0.15) is 10.8 Å². The fraction of sp³-hybridized carbons (Fsp3) is 0.750. The maximum atomic E-state index is 5.96. The van der Waals surface area contributed by atoms with Crippen LogP contribution in [0.25, 0.3) is 0 Å². The number of nitrogens with zero attached hydrogens (tertiary/aromatic N) is 2. The maximum Gasteiger partial charge on any atom is 0.142 e. The molecule has 1 fully saturated rings. The molecular formula is C12H21N3S. The summed E-state index contributed by atoms with van der Waals surface area (Å²) < 4.78 is 4.31. The molecule has 0 spiro atoms. The zero-order valence-corrected chi connectivity index (χ0v) is 11.2. The molecule has 2 N–H and O–H groups in total. The van der Waals surface area contributed by atoms with Crippen LogP contribution in [0.3, 0.4) is 0 Å². The van der Waals surface area contributed by atoms with Crippen molar-refractivity contribution < 1.29 is 0 Å². The second-order valence-electron chi connectivity index (χ2n) is 4.95. The lowest BCUT2D eigenvalue weighted by Crippen LogP contribution is -2.23. The molecule has 3 nitrogen and oxygen atoms in total. The van der Waals surface area contributed by atoms with Crippen LogP contribution < -0.4 is 10.6 Å². The predicted molar refractivity (Wildman–Crippen MR) is 71.2 cm³/mol. The summed E-state index contributed by atoms with van der Waals surface area (Å²) in [6.45, 7) is 5.62. The van der Waals surface area contributed by atoms with Crippen molar-refractivity contribution in [3.8, 4) is 0 Å². The Balaban J connectivity index is 2.13. The van der Waals surface area contributed by atoms with Gasteiger partial charge < -0.3 is 10.6 Å². The highest BCUT2D eigenvalue weighted by Gasteiger charge is 2.31. The van der Waals surface area contributed by atoms with Crippen molar-refractivity contribution in [1.82, 2.24) is 4.37 Å². The summed E-state index contributed by atoms with van der Waals surface area (Å²) >= 11 is 1.56. The molecule has 0 aromatic carbocycles. The lowest BCUT2D eigenvalue weighted by atomic mass is 10.1. The molecule has 1 aromatic heterocycles. The summed E-state index contributed by atoms with van der Waals surface area (Å²) in [6.07, 6.45) is 3.79. The minimum Gasteiger partial charge on any atom is -0.383 e. The van der Waals surface area contributed by atoms with Crippen LogP contribution in [-0.4, -0.2) is 18.0 Å². The Morgan fingerprint density at radius 2 is 2.25 bits per heavy atom. The molecule has 16 heavy (non-hydrogen) atoms. The summed E-state index contributed by atoms with van der Waals surface area (Å²) in [6, 6.07) is 0. The highest BCUT2D eigenvalue weighted by atomic mass is 32.1. The lowest BCUT2D eigenvalue weighted by molar-refractivity contribution is 0.560. The molecule has 90 valence electrons. The molecule has 1 atom stereocenters. The topological polar surface area (TPSA) is 42.2 Å². The summed E-state index contributed by atoms with van der Waals surface area (Å²) in [5.41, 5.74) is 7.27. The van der Waals surface area contributed by atoms with Crippen LogP contribution in [0.2, 0.25) is 0 Å². The molecule has 1 saturated carbocycles. The Labute approximate surface area is 102 Å². The minimum atomic E-state index is 0.688. The first-order chi connectivity index (χ1) is 7.63. The summed E-state index contributed by atoms with van der Waals surface area (Å²) in [5, 5.41) is 1.29. The van der Waals surface area contributed by atoms with E-state index in [1.165, 1.54) is 29.8 Å². The van der Waals surface area contributed by atoms with E-state index in [0.29, 0.717) is 5.92 Å². The third kappa shape index (κ3) is 2.32. The van der Waals surface area contributed by atoms with E-state index in [1.807, 2.05) is 0 Å². The Hall–Kier alpha value is -0.770. The van der Waals surface area contributed by atoms with E-state index in [9.17, 15) is 0 Å². The number of anilines is 2. The number of aromatic nitrogens is 1. The van der Waals surface area contributed by atoms with Gasteiger partial charge in [0, 0.05) is 19.2 Å². The predicted octanol–water partition coefficient (Wildman–Crippen LogP) is 3.09. The third-order valence-electron chi connectivity index (χ3n) is 3.35. The summed E-state index contributed by atoms with van der Waals surface area (Å²) in [7, 11) is 2.16. The Morgan fingerprint density at radius 1 is 1.56 bits per heavy atom. The maximum absolute atomic E-state index is 5.96. The van der Waals surface area contributed by atoms with E-state index in [1.54, 1.807) is 11.5 Å². The van der Waals surface area contributed by atoms with E-state index in [4.69, 9.17) is 5.73 Å². The lowest BCUT2D eigenvalue weighted by Gasteiger charge is -2.22. The van der Waals surface area contributed by atoms with Gasteiger partial charge in [-0.15, -0.1) is 0 Å². The van der Waals surface area contributed by atoms with Crippen molar-refractivity contribution in [3.05, 3.63) is 5.56 Å². The van der Waals surface area contributed by atoms with Crippen LogP contribution in [0.4, 0.5) is 10.8 Å². The van der Waals surface area contributed by atoms with Gasteiger partial charge in [-0.1, -0.05) is 20.3 Å². The molecule has 1 aromatic rings. The molecule has 4 heteroatoms. The van der Waals surface area contributed by atoms with Gasteiger partial charge >= 0.3 is 0 Å². The molecule has 0 amide bonds. The highest BCUT2D eigenvalue weighted by molar-refractivity contribution is 7.10. The van der Waals surface area contributed by atoms with Crippen LogP contribution in [0, 0.1) is 5.92 Å². The Kier molecular flexibility index (Phi) is 3.38. The molecule has 0 radical (unpaired) electrons. The largest absolute Gasteiger partial charge is 0.383 e. The fourth-order valence-corrected chi connectivity index (χ4v) is 2.88. The van der Waals surface area contributed by atoms with Crippen molar-refractivity contribution >= 4 is 22.4 Å². The van der Waals surface area contributed by atoms with Crippen LogP contribution in [-0.2, 0) is 0 Å². The first kappa shape index (κ1) is 11.7. The minimum absolute atomic E-state index is 0.688. The second-order valence-corrected chi connectivity index (χ2v) is 5.71. The van der Waals surface area contributed by atoms with Gasteiger partial charge in [0.2, 0.25) is 0 Å². The van der Waals surface area contributed by atoms with Gasteiger partial charge in [0.05, 0.1) is 0 Å². The third-order valence-corrected chi connectivity index (χ3v) is 4.34. The van der Waals surface area contributed by atoms with Gasteiger partial charge in [-0.25, -0.2) is 0 Å². The highest BCUT2D eigenvalue weighted by Crippen LogP contribution is 2.48. The van der Waals surface area contributed by atoms with Crippen molar-refractivity contribution in [1.29, 1.82) is 0 Å². The van der Waals surface area contributed by atoms with Crippen molar-refractivity contribution in [2.24, 2.45) is 5.92 Å². The van der Waals surface area contributed by atoms with Crippen LogP contribution in [0.15, 0.2) is 0 Å². The van der Waals surface area contributed by atoms with Gasteiger partial charge in [0.25, 0.3) is 0 Å². The molecule has 1 heterocycles. The second kappa shape index (κ2) is 4.62. The Morgan fingerprint density at radius 3 is 2.81 bits per heavy atom. The average molecular weight is 239 g/mol. The number of hydrogen-bond donors (Lipinski definition) is 1. The number of hydrogen-bond acceptors (Lipinski definition) is 4. The first-order valence-corrected chi connectivity index (χ1v) is 6.87. The van der Waals surface area contributed by atoms with Crippen molar-refractivity contribution in [2.75, 3.05) is 24.2 Å². The van der Waals surface area contributed by atoms with E-state index >= 15 is 0 Å². The molecule has 0 aliphatic heterocycles. The molecule has 2 rings (SSSR count). The summed E-state index contributed by atoms with van der Waals surface area (Å²) in [5.74, 6) is 2.17. The van der Waals surface area contributed by atoms with E-state index in [0.717, 1.165) is 18.3 Å². The number of nitrogen functional groups attached to an aromatic ring is 1. The van der Waals surface area contributed by atoms with Gasteiger partial charge in [-0.2, -0.15) is 4.37 Å². The van der Waals surface area contributed by atoms with E-state index in [-0.39, 0.29) is 0 Å². The van der Waals surface area contributed by atoms with E-state index in [2.05, 4.69) is 30.2 Å². The molecule has 0 saturated heterocycles. The average Bonchev–Trinajstić information content (AvgIpc) is 3.01. The quantitative estimate of drug-likeness (QED) is 0.858. The zero-order chi connectivity index (χ0) is 11.7. The fourth-order valence-electron chi connectivity index (χ4n) is 2.01. The molecule has 1 aliphatic carbocycles. The Bertz CT molecular complexity index is 357. The summed E-state index contributed by atoms with van der Waals surface area (Å²) in [4.78, 5) is 2.33. The normalized spacial score (nSPS) is 17.4. The van der Waals surface area contributed by atoms with Gasteiger partial charge in [0.15, 0.2) is 0 Å². The van der Waals surface area contributed by atoms with Gasteiger partial charge in [-0.3, -0.25) is 0 Å². The monoisotopic (exact) mass is 239 g/mol. The SMILES string of the molecule is CCC(C)CN(C)c1snc(N)c1C1CC1. The van der Waals surface area contributed by atoms with Crippen LogP contribution >= 0.6 is 11.5 Å². The molecule has 1 unspecified atom stereocenters. The molecular weight excluding hydrogens is 218 g/mol. The van der Waals surface area contributed by atoms with Crippen LogP contribution in [0.1, 0.15) is 44.6 Å². The smallest absolute Gasteiger partial charge is 0.142 e. The first-order valence-electron chi connectivity index (χ1n) is 6.09. The number of nitrogens with two attached hydrogens (primary N) is 1. The zero-order valence-electron chi connectivity index (χ0n) is 10.4. The molecule has 1 aliphatic rings. The van der Waals surface area contributed by atoms with Crippen molar-refractivity contribution in [2.45, 2.75) is 39.0 Å².